The monoisotopic (exact) mass is 588 g/mol. The molecule has 4 rings (SSSR count). The Morgan fingerprint density at radius 3 is 2.62 bits per heavy atom. The molecule has 0 aliphatic carbocycles. The summed E-state index contributed by atoms with van der Waals surface area (Å²) in [6.45, 7) is 0.706. The summed E-state index contributed by atoms with van der Waals surface area (Å²) in [7, 11) is 0. The molecule has 39 heavy (non-hydrogen) atoms. The number of hydrogen-bond acceptors (Lipinski definition) is 6. The van der Waals surface area contributed by atoms with E-state index >= 15 is 0 Å². The van der Waals surface area contributed by atoms with Gasteiger partial charge in [0, 0.05) is 37.9 Å². The number of thiophene rings is 1. The van der Waals surface area contributed by atoms with E-state index in [2.05, 4.69) is 15.6 Å². The number of nitrogens with zero attached hydrogens (tertiary/aromatic N) is 2. The van der Waals surface area contributed by atoms with Gasteiger partial charge in [0.2, 0.25) is 11.8 Å². The molecular weight excluding hydrogens is 563 g/mol. The normalized spacial score (nSPS) is 14.9. The highest BCUT2D eigenvalue weighted by Gasteiger charge is 2.28. The van der Waals surface area contributed by atoms with Crippen LogP contribution in [0.2, 0.25) is 10.0 Å². The molecule has 2 aromatic heterocycles. The van der Waals surface area contributed by atoms with Crippen LogP contribution >= 0.6 is 34.5 Å². The smallest absolute Gasteiger partial charge is 0.304 e. The Bertz CT molecular complexity index is 1400. The highest BCUT2D eigenvalue weighted by Crippen LogP contribution is 2.37. The number of amides is 3. The molecule has 1 aliphatic rings. The Labute approximate surface area is 238 Å². The fourth-order valence-corrected chi connectivity index (χ4v) is 5.73. The van der Waals surface area contributed by atoms with Gasteiger partial charge in [-0.25, -0.2) is 0 Å². The van der Waals surface area contributed by atoms with Gasteiger partial charge >= 0.3 is 5.97 Å². The summed E-state index contributed by atoms with van der Waals surface area (Å²) in [4.78, 5) is 54.8. The number of pyridine rings is 1. The van der Waals surface area contributed by atoms with Gasteiger partial charge in [0.25, 0.3) is 5.91 Å². The second kappa shape index (κ2) is 13.1. The van der Waals surface area contributed by atoms with Crippen LogP contribution in [0.5, 0.6) is 0 Å². The Morgan fingerprint density at radius 2 is 1.92 bits per heavy atom. The lowest BCUT2D eigenvalue weighted by Crippen LogP contribution is -2.49. The van der Waals surface area contributed by atoms with Gasteiger partial charge in [0.05, 0.1) is 27.1 Å². The highest BCUT2D eigenvalue weighted by atomic mass is 35.5. The minimum Gasteiger partial charge on any atom is -0.481 e. The van der Waals surface area contributed by atoms with Crippen molar-refractivity contribution in [1.29, 1.82) is 0 Å². The number of aliphatic carboxylic acids is 1. The number of carbonyl (C=O) groups excluding carboxylic acids is 3. The third-order valence-corrected chi connectivity index (χ3v) is 8.35. The number of aromatic nitrogens is 1. The van der Waals surface area contributed by atoms with Crippen LogP contribution in [-0.2, 0) is 14.4 Å². The minimum absolute atomic E-state index is 0.139. The number of hydrogen-bond donors (Lipinski definition) is 3. The van der Waals surface area contributed by atoms with Crippen molar-refractivity contribution in [3.05, 3.63) is 69.3 Å². The molecule has 0 spiro atoms. The zero-order valence-electron chi connectivity index (χ0n) is 20.7. The van der Waals surface area contributed by atoms with E-state index < -0.39 is 30.1 Å². The molecule has 9 nitrogen and oxygen atoms in total. The average molecular weight is 590 g/mol. The minimum atomic E-state index is -1.14. The SMILES string of the molecule is O=C(O)CC(CNC(=O)c1ccccn1)C(=O)NC1CCN(C(=O)C=Cc2cc3ccsc3c(Cl)c2Cl)CC1. The summed E-state index contributed by atoms with van der Waals surface area (Å²) in [6.07, 6.45) is 5.18. The van der Waals surface area contributed by atoms with Crippen molar-refractivity contribution in [1.82, 2.24) is 20.5 Å². The number of benzene rings is 1. The number of fused-ring (bicyclic) bond motifs is 1. The van der Waals surface area contributed by atoms with Crippen molar-refractivity contribution >= 4 is 74.4 Å². The van der Waals surface area contributed by atoms with E-state index in [1.165, 1.54) is 29.7 Å². The summed E-state index contributed by atoms with van der Waals surface area (Å²) >= 11 is 14.3. The number of piperidine rings is 1. The van der Waals surface area contributed by atoms with Crippen molar-refractivity contribution in [2.45, 2.75) is 25.3 Å². The number of carboxylic acid groups (broad SMARTS) is 1. The molecule has 1 aromatic carbocycles. The predicted molar refractivity (Wildman–Crippen MR) is 151 cm³/mol. The Kier molecular flexibility index (Phi) is 9.55. The number of likely N-dealkylation sites (tertiary alicyclic amines) is 1. The van der Waals surface area contributed by atoms with E-state index in [0.29, 0.717) is 41.5 Å². The van der Waals surface area contributed by atoms with Gasteiger partial charge in [0.1, 0.15) is 5.69 Å². The second-order valence-electron chi connectivity index (χ2n) is 9.09. The lowest BCUT2D eigenvalue weighted by Gasteiger charge is -2.32. The summed E-state index contributed by atoms with van der Waals surface area (Å²) in [5.41, 5.74) is 0.832. The first-order chi connectivity index (χ1) is 18.7. The van der Waals surface area contributed by atoms with E-state index in [9.17, 15) is 24.3 Å². The molecule has 0 bridgehead atoms. The quantitative estimate of drug-likeness (QED) is 0.321. The lowest BCUT2D eigenvalue weighted by molar-refractivity contribution is -0.141. The maximum absolute atomic E-state index is 12.8. The zero-order chi connectivity index (χ0) is 27.9. The summed E-state index contributed by atoms with van der Waals surface area (Å²) in [5.74, 6) is -3.22. The van der Waals surface area contributed by atoms with Gasteiger partial charge in [0.15, 0.2) is 0 Å². The van der Waals surface area contributed by atoms with Crippen molar-refractivity contribution in [3.63, 3.8) is 0 Å². The number of rotatable bonds is 9. The van der Waals surface area contributed by atoms with Crippen LogP contribution < -0.4 is 10.6 Å². The topological polar surface area (TPSA) is 129 Å². The zero-order valence-corrected chi connectivity index (χ0v) is 23.1. The van der Waals surface area contributed by atoms with Crippen LogP contribution in [0.3, 0.4) is 0 Å². The van der Waals surface area contributed by atoms with E-state index in [1.54, 1.807) is 23.1 Å². The van der Waals surface area contributed by atoms with Gasteiger partial charge in [-0.3, -0.25) is 24.2 Å². The molecule has 204 valence electrons. The van der Waals surface area contributed by atoms with Gasteiger partial charge < -0.3 is 20.6 Å². The van der Waals surface area contributed by atoms with Gasteiger partial charge in [-0.1, -0.05) is 29.3 Å². The van der Waals surface area contributed by atoms with Gasteiger partial charge in [-0.05, 0) is 59.5 Å². The fourth-order valence-electron chi connectivity index (χ4n) is 4.29. The number of carboxylic acids is 1. The summed E-state index contributed by atoms with van der Waals surface area (Å²) in [6, 6.07) is 8.46. The largest absolute Gasteiger partial charge is 0.481 e. The van der Waals surface area contributed by atoms with Gasteiger partial charge in [-0.15, -0.1) is 11.3 Å². The standard InChI is InChI=1S/C27H26Cl2N4O5S/c28-23-16(13-17-8-12-39-25(17)24(23)29)4-5-21(34)33-10-6-19(7-11-33)32-26(37)18(14-22(35)36)15-31-27(38)20-3-1-2-9-30-20/h1-5,8-9,12-13,18-19H,6-7,10-11,14-15H2,(H,31,38)(H,32,37)(H,35,36). The third-order valence-electron chi connectivity index (χ3n) is 6.41. The van der Waals surface area contributed by atoms with E-state index in [0.717, 1.165) is 10.1 Å². The molecule has 3 aromatic rings. The van der Waals surface area contributed by atoms with Crippen molar-refractivity contribution in [3.8, 4) is 0 Å². The molecule has 0 saturated carbocycles. The average Bonchev–Trinajstić information content (AvgIpc) is 3.41. The molecular formula is C27H26Cl2N4O5S. The molecule has 1 atom stereocenters. The molecule has 3 amide bonds. The van der Waals surface area contributed by atoms with Crippen LogP contribution in [0.15, 0.2) is 48.0 Å². The second-order valence-corrected chi connectivity index (χ2v) is 10.8. The number of nitrogens with one attached hydrogen (secondary N) is 2. The molecule has 0 radical (unpaired) electrons. The first kappa shape index (κ1) is 28.5. The van der Waals surface area contributed by atoms with Crippen LogP contribution in [0.4, 0.5) is 0 Å². The lowest BCUT2D eigenvalue weighted by atomic mass is 10.0. The summed E-state index contributed by atoms with van der Waals surface area (Å²) in [5, 5.41) is 18.5. The van der Waals surface area contributed by atoms with Crippen molar-refractivity contribution < 1.29 is 24.3 Å². The van der Waals surface area contributed by atoms with Crippen LogP contribution in [-0.4, -0.2) is 64.4 Å². The molecule has 1 fully saturated rings. The predicted octanol–water partition coefficient (Wildman–Crippen LogP) is 4.24. The van der Waals surface area contributed by atoms with Crippen molar-refractivity contribution in [2.75, 3.05) is 19.6 Å². The van der Waals surface area contributed by atoms with Crippen LogP contribution in [0.1, 0.15) is 35.3 Å². The summed E-state index contributed by atoms with van der Waals surface area (Å²) < 4.78 is 0.899. The van der Waals surface area contributed by atoms with Crippen LogP contribution in [0, 0.1) is 5.92 Å². The van der Waals surface area contributed by atoms with Gasteiger partial charge in [-0.2, -0.15) is 0 Å². The maximum atomic E-state index is 12.8. The molecule has 3 N–H and O–H groups in total. The first-order valence-electron chi connectivity index (χ1n) is 12.3. The van der Waals surface area contributed by atoms with Crippen molar-refractivity contribution in [2.24, 2.45) is 5.92 Å². The number of halogens is 2. The fraction of sp³-hybridized carbons (Fsp3) is 0.296. The molecule has 1 saturated heterocycles. The Balaban J connectivity index is 1.29. The van der Waals surface area contributed by atoms with Crippen LogP contribution in [0.25, 0.3) is 16.2 Å². The Morgan fingerprint density at radius 1 is 1.15 bits per heavy atom. The molecule has 1 aliphatic heterocycles. The molecule has 12 heteroatoms. The molecule has 1 unspecified atom stereocenters. The van der Waals surface area contributed by atoms with E-state index in [4.69, 9.17) is 23.2 Å². The maximum Gasteiger partial charge on any atom is 0.304 e. The van der Waals surface area contributed by atoms with E-state index in [1.807, 2.05) is 17.5 Å². The number of carbonyl (C=O) groups is 4. The first-order valence-corrected chi connectivity index (χ1v) is 13.9. The highest BCUT2D eigenvalue weighted by molar-refractivity contribution is 7.18. The molecule has 3 heterocycles. The van der Waals surface area contributed by atoms with E-state index in [-0.39, 0.29) is 24.2 Å². The third kappa shape index (κ3) is 7.35. The Hall–Kier alpha value is -3.47.